The minimum atomic E-state index is 0.165. The molecule has 6 rings (SSSR count). The van der Waals surface area contributed by atoms with Crippen LogP contribution < -0.4 is 19.7 Å². The summed E-state index contributed by atoms with van der Waals surface area (Å²) in [6.07, 6.45) is 11.0. The second kappa shape index (κ2) is 10.1. The molecule has 1 unspecified atom stereocenters. The molecule has 194 valence electrons. The van der Waals surface area contributed by atoms with Crippen molar-refractivity contribution in [2.75, 3.05) is 36.6 Å². The summed E-state index contributed by atoms with van der Waals surface area (Å²) in [7, 11) is 0. The van der Waals surface area contributed by atoms with Crippen molar-refractivity contribution in [2.24, 2.45) is 5.10 Å². The van der Waals surface area contributed by atoms with E-state index in [1.54, 1.807) is 11.2 Å². The summed E-state index contributed by atoms with van der Waals surface area (Å²) < 4.78 is 17.8. The van der Waals surface area contributed by atoms with Crippen LogP contribution in [0.2, 0.25) is 0 Å². The molecule has 2 aromatic heterocycles. The van der Waals surface area contributed by atoms with E-state index in [2.05, 4.69) is 25.3 Å². The number of rotatable bonds is 5. The van der Waals surface area contributed by atoms with Crippen LogP contribution in [0, 0.1) is 6.92 Å². The van der Waals surface area contributed by atoms with E-state index in [9.17, 15) is 0 Å². The molecule has 1 fully saturated rings. The van der Waals surface area contributed by atoms with Crippen molar-refractivity contribution >= 4 is 34.6 Å². The van der Waals surface area contributed by atoms with Gasteiger partial charge in [0.25, 0.3) is 0 Å². The van der Waals surface area contributed by atoms with Gasteiger partial charge < -0.3 is 24.4 Å². The minimum absolute atomic E-state index is 0.165. The van der Waals surface area contributed by atoms with Gasteiger partial charge in [0.1, 0.15) is 30.0 Å². The molecule has 3 aromatic rings. The summed E-state index contributed by atoms with van der Waals surface area (Å²) in [4.78, 5) is 16.1. The molecular weight excluding hydrogens is 482 g/mol. The molecule has 0 radical (unpaired) electrons. The fourth-order valence-corrected chi connectivity index (χ4v) is 4.72. The Morgan fingerprint density at radius 3 is 2.95 bits per heavy atom. The number of anilines is 3. The first-order valence-corrected chi connectivity index (χ1v) is 12.7. The number of benzene rings is 1. The molecule has 1 aromatic carbocycles. The van der Waals surface area contributed by atoms with Gasteiger partial charge in [0.2, 0.25) is 0 Å². The van der Waals surface area contributed by atoms with E-state index in [1.165, 1.54) is 6.33 Å². The average molecular weight is 512 g/mol. The Labute approximate surface area is 220 Å². The smallest absolute Gasteiger partial charge is 0.172 e. The van der Waals surface area contributed by atoms with Crippen molar-refractivity contribution in [3.63, 3.8) is 0 Å². The van der Waals surface area contributed by atoms with Gasteiger partial charge in [0.05, 0.1) is 30.5 Å². The number of nitrogens with one attached hydrogen (secondary N) is 1. The SMILES string of the molecule is CC=C1C=C(Oc2ccc(Nc3ncnc4cc5c(nc34)N3CCOCC3CO5)cc2C)C=CN1/N=C\C. The molecule has 10 nitrogen and oxygen atoms in total. The number of ether oxygens (including phenoxy) is 3. The number of allylic oxidation sites excluding steroid dienone is 3. The van der Waals surface area contributed by atoms with E-state index >= 15 is 0 Å². The first-order valence-electron chi connectivity index (χ1n) is 12.7. The van der Waals surface area contributed by atoms with Crippen LogP contribution in [0.5, 0.6) is 11.5 Å². The molecule has 0 amide bonds. The summed E-state index contributed by atoms with van der Waals surface area (Å²) in [6, 6.07) is 8.05. The molecule has 0 spiro atoms. The fourth-order valence-electron chi connectivity index (χ4n) is 4.72. The Morgan fingerprint density at radius 1 is 1.18 bits per heavy atom. The first kappa shape index (κ1) is 23.9. The molecule has 1 atom stereocenters. The van der Waals surface area contributed by atoms with Crippen LogP contribution in [-0.4, -0.2) is 58.6 Å². The molecule has 1 saturated heterocycles. The molecule has 0 bridgehead atoms. The Morgan fingerprint density at radius 2 is 2.11 bits per heavy atom. The molecular formula is C28H29N7O3. The summed E-state index contributed by atoms with van der Waals surface area (Å²) >= 11 is 0. The number of aromatic nitrogens is 3. The van der Waals surface area contributed by atoms with E-state index < -0.39 is 0 Å². The standard InChI is InChI=1S/C28H29N7O3/c1-4-20-13-22(8-9-35(20)31-5-2)38-24-7-6-19(12-18(24)3)32-27-26-23(29-17-30-27)14-25-28(33-26)34-10-11-36-15-21(34)16-37-25/h4-9,12-14,17,21H,10-11,15-16H2,1-3H3,(H,29,30,32)/b20-4?,31-5-. The normalized spacial score (nSPS) is 19.8. The highest BCUT2D eigenvalue weighted by Crippen LogP contribution is 2.37. The topological polar surface area (TPSA) is 97.2 Å². The van der Waals surface area contributed by atoms with Crippen LogP contribution in [0.4, 0.5) is 17.3 Å². The highest BCUT2D eigenvalue weighted by atomic mass is 16.5. The Bertz CT molecular complexity index is 1500. The van der Waals surface area contributed by atoms with Crippen LogP contribution in [0.15, 0.2) is 71.6 Å². The minimum Gasteiger partial charge on any atom is -0.487 e. The molecule has 38 heavy (non-hydrogen) atoms. The van der Waals surface area contributed by atoms with E-state index in [0.717, 1.165) is 52.1 Å². The van der Waals surface area contributed by atoms with Gasteiger partial charge in [-0.05, 0) is 50.6 Å². The van der Waals surface area contributed by atoms with E-state index in [0.29, 0.717) is 31.2 Å². The Balaban J connectivity index is 1.24. The zero-order chi connectivity index (χ0) is 26.1. The van der Waals surface area contributed by atoms with Gasteiger partial charge in [-0.25, -0.2) is 20.0 Å². The highest BCUT2D eigenvalue weighted by molar-refractivity contribution is 5.90. The van der Waals surface area contributed by atoms with Crippen molar-refractivity contribution in [3.05, 3.63) is 72.0 Å². The summed E-state index contributed by atoms with van der Waals surface area (Å²) in [5, 5.41) is 9.55. The number of fused-ring (bicyclic) bond motifs is 4. The maximum atomic E-state index is 6.19. The quantitative estimate of drug-likeness (QED) is 0.490. The molecule has 0 saturated carbocycles. The maximum Gasteiger partial charge on any atom is 0.172 e. The van der Waals surface area contributed by atoms with Gasteiger partial charge in [-0.15, -0.1) is 0 Å². The third kappa shape index (κ3) is 4.54. The van der Waals surface area contributed by atoms with Crippen molar-refractivity contribution in [2.45, 2.75) is 26.8 Å². The lowest BCUT2D eigenvalue weighted by Gasteiger charge is -2.40. The number of hydrazone groups is 1. The number of morpholine rings is 1. The fraction of sp³-hybridized carbons (Fsp3) is 0.286. The van der Waals surface area contributed by atoms with Crippen LogP contribution >= 0.6 is 0 Å². The predicted octanol–water partition coefficient (Wildman–Crippen LogP) is 4.68. The van der Waals surface area contributed by atoms with Crippen LogP contribution in [0.25, 0.3) is 11.0 Å². The first-order chi connectivity index (χ1) is 18.6. The lowest BCUT2D eigenvalue weighted by Crippen LogP contribution is -2.51. The van der Waals surface area contributed by atoms with Gasteiger partial charge in [-0.3, -0.25) is 0 Å². The van der Waals surface area contributed by atoms with Crippen LogP contribution in [0.1, 0.15) is 19.4 Å². The number of pyridine rings is 1. The van der Waals surface area contributed by atoms with Crippen LogP contribution in [0.3, 0.4) is 0 Å². The second-order valence-electron chi connectivity index (χ2n) is 9.13. The van der Waals surface area contributed by atoms with Gasteiger partial charge in [0.15, 0.2) is 17.4 Å². The van der Waals surface area contributed by atoms with E-state index in [4.69, 9.17) is 19.2 Å². The van der Waals surface area contributed by atoms with Gasteiger partial charge in [-0.1, -0.05) is 6.08 Å². The maximum absolute atomic E-state index is 6.19. The van der Waals surface area contributed by atoms with E-state index in [1.807, 2.05) is 69.5 Å². The number of hydrogen-bond acceptors (Lipinski definition) is 10. The lowest BCUT2D eigenvalue weighted by molar-refractivity contribution is 0.0698. The number of nitrogens with zero attached hydrogens (tertiary/aromatic N) is 6. The number of aryl methyl sites for hydroxylation is 1. The van der Waals surface area contributed by atoms with Crippen molar-refractivity contribution in [3.8, 4) is 11.5 Å². The largest absolute Gasteiger partial charge is 0.487 e. The van der Waals surface area contributed by atoms with Crippen molar-refractivity contribution in [1.29, 1.82) is 0 Å². The lowest BCUT2D eigenvalue weighted by atomic mass is 10.1. The second-order valence-corrected chi connectivity index (χ2v) is 9.13. The zero-order valence-corrected chi connectivity index (χ0v) is 21.6. The third-order valence-corrected chi connectivity index (χ3v) is 6.62. The summed E-state index contributed by atoms with van der Waals surface area (Å²) in [6.45, 7) is 8.54. The predicted molar refractivity (Wildman–Crippen MR) is 147 cm³/mol. The Hall–Kier alpha value is -4.44. The average Bonchev–Trinajstić information content (AvgIpc) is 2.94. The van der Waals surface area contributed by atoms with Crippen molar-refractivity contribution < 1.29 is 14.2 Å². The third-order valence-electron chi connectivity index (χ3n) is 6.62. The summed E-state index contributed by atoms with van der Waals surface area (Å²) in [5.41, 5.74) is 4.21. The van der Waals surface area contributed by atoms with E-state index in [-0.39, 0.29) is 6.04 Å². The molecule has 5 heterocycles. The van der Waals surface area contributed by atoms with Crippen molar-refractivity contribution in [1.82, 2.24) is 20.0 Å². The van der Waals surface area contributed by atoms with Gasteiger partial charge in [-0.2, -0.15) is 5.10 Å². The molecule has 0 aliphatic carbocycles. The zero-order valence-electron chi connectivity index (χ0n) is 21.6. The van der Waals surface area contributed by atoms with Gasteiger partial charge >= 0.3 is 0 Å². The number of hydrogen-bond donors (Lipinski definition) is 1. The Kier molecular flexibility index (Phi) is 6.38. The monoisotopic (exact) mass is 511 g/mol. The molecule has 3 aliphatic heterocycles. The summed E-state index contributed by atoms with van der Waals surface area (Å²) in [5.74, 6) is 3.70. The van der Waals surface area contributed by atoms with Gasteiger partial charge in [0, 0.05) is 36.8 Å². The molecule has 1 N–H and O–H groups in total. The molecule has 10 heteroatoms. The van der Waals surface area contributed by atoms with Crippen LogP contribution in [-0.2, 0) is 4.74 Å². The highest BCUT2D eigenvalue weighted by Gasteiger charge is 2.32. The molecule has 3 aliphatic rings.